The molecule has 0 radical (unpaired) electrons. The lowest BCUT2D eigenvalue weighted by atomic mass is 9.97. The summed E-state index contributed by atoms with van der Waals surface area (Å²) < 4.78 is 5.50. The van der Waals surface area contributed by atoms with Crippen LogP contribution in [0.5, 0.6) is 0 Å². The number of hydrogen-bond acceptors (Lipinski definition) is 2. The molecule has 1 aromatic rings. The quantitative estimate of drug-likeness (QED) is 0.827. The summed E-state index contributed by atoms with van der Waals surface area (Å²) in [5.74, 6) is 0.755. The molecule has 1 fully saturated rings. The number of benzene rings is 1. The van der Waals surface area contributed by atoms with Crippen LogP contribution in [0.15, 0.2) is 24.3 Å². The minimum atomic E-state index is 0.250. The molecule has 20 heavy (non-hydrogen) atoms. The zero-order chi connectivity index (χ0) is 14.4. The molecule has 3 nitrogen and oxygen atoms in total. The number of carbonyl (C=O) groups is 1. The summed E-state index contributed by atoms with van der Waals surface area (Å²) in [6.45, 7) is 7.37. The summed E-state index contributed by atoms with van der Waals surface area (Å²) in [6, 6.07) is 8.14. The first kappa shape index (κ1) is 15.0. The van der Waals surface area contributed by atoms with Gasteiger partial charge in [-0.2, -0.15) is 0 Å². The Morgan fingerprint density at radius 2 is 2.20 bits per heavy atom. The summed E-state index contributed by atoms with van der Waals surface area (Å²) in [5, 5.41) is 0. The van der Waals surface area contributed by atoms with Crippen LogP contribution in [0.2, 0.25) is 0 Å². The van der Waals surface area contributed by atoms with Gasteiger partial charge in [0.2, 0.25) is 5.91 Å². The fourth-order valence-electron chi connectivity index (χ4n) is 2.80. The molecular weight excluding hydrogens is 250 g/mol. The maximum Gasteiger partial charge on any atom is 0.227 e. The van der Waals surface area contributed by atoms with E-state index in [4.69, 9.17) is 4.74 Å². The van der Waals surface area contributed by atoms with Crippen molar-refractivity contribution in [2.75, 3.05) is 26.3 Å². The van der Waals surface area contributed by atoms with Crippen molar-refractivity contribution in [2.45, 2.75) is 33.1 Å². The van der Waals surface area contributed by atoms with Crippen LogP contribution in [0.1, 0.15) is 30.9 Å². The summed E-state index contributed by atoms with van der Waals surface area (Å²) in [4.78, 5) is 14.4. The molecule has 0 spiro atoms. The van der Waals surface area contributed by atoms with Crippen LogP contribution in [0.3, 0.4) is 0 Å². The highest BCUT2D eigenvalue weighted by Crippen LogP contribution is 2.18. The molecule has 1 heterocycles. The molecule has 1 aliphatic heterocycles. The Bertz CT molecular complexity index is 444. The Kier molecular flexibility index (Phi) is 5.60. The molecule has 1 unspecified atom stereocenters. The van der Waals surface area contributed by atoms with E-state index in [-0.39, 0.29) is 5.91 Å². The van der Waals surface area contributed by atoms with Gasteiger partial charge in [-0.1, -0.05) is 24.3 Å². The van der Waals surface area contributed by atoms with Gasteiger partial charge in [0.05, 0.1) is 13.0 Å². The van der Waals surface area contributed by atoms with Crippen LogP contribution >= 0.6 is 0 Å². The van der Waals surface area contributed by atoms with Gasteiger partial charge in [-0.25, -0.2) is 0 Å². The van der Waals surface area contributed by atoms with E-state index in [2.05, 4.69) is 19.1 Å². The SMILES string of the molecule is CCOCC1CCCN(C(=O)Cc2ccccc2C)C1. The molecule has 2 rings (SSSR count). The standard InChI is InChI=1S/C17H25NO2/c1-3-20-13-15-8-6-10-18(12-15)17(19)11-16-9-5-4-7-14(16)2/h4-5,7,9,15H,3,6,8,10-13H2,1-2H3. The van der Waals surface area contributed by atoms with Crippen LogP contribution in [0.4, 0.5) is 0 Å². The second kappa shape index (κ2) is 7.44. The van der Waals surface area contributed by atoms with Gasteiger partial charge < -0.3 is 9.64 Å². The summed E-state index contributed by atoms with van der Waals surface area (Å²) >= 11 is 0. The number of carbonyl (C=O) groups excluding carboxylic acids is 1. The fourth-order valence-corrected chi connectivity index (χ4v) is 2.80. The maximum atomic E-state index is 12.4. The van der Waals surface area contributed by atoms with Gasteiger partial charge in [0, 0.05) is 19.7 Å². The Morgan fingerprint density at radius 1 is 1.40 bits per heavy atom. The van der Waals surface area contributed by atoms with Crippen molar-refractivity contribution in [2.24, 2.45) is 5.92 Å². The molecule has 1 aromatic carbocycles. The first-order valence-electron chi connectivity index (χ1n) is 7.60. The predicted octanol–water partition coefficient (Wildman–Crippen LogP) is 2.81. The Morgan fingerprint density at radius 3 is 2.95 bits per heavy atom. The number of amides is 1. The van der Waals surface area contributed by atoms with Gasteiger partial charge in [0.15, 0.2) is 0 Å². The lowest BCUT2D eigenvalue weighted by Gasteiger charge is -2.32. The molecule has 1 atom stereocenters. The zero-order valence-electron chi connectivity index (χ0n) is 12.6. The molecule has 110 valence electrons. The minimum Gasteiger partial charge on any atom is -0.381 e. The van der Waals surface area contributed by atoms with Gasteiger partial charge in [-0.15, -0.1) is 0 Å². The number of rotatable bonds is 5. The first-order valence-corrected chi connectivity index (χ1v) is 7.60. The molecule has 0 saturated carbocycles. The highest BCUT2D eigenvalue weighted by molar-refractivity contribution is 5.79. The molecule has 0 bridgehead atoms. The number of nitrogens with zero attached hydrogens (tertiary/aromatic N) is 1. The second-order valence-electron chi connectivity index (χ2n) is 5.61. The molecule has 1 amide bonds. The van der Waals surface area contributed by atoms with Crippen molar-refractivity contribution in [3.63, 3.8) is 0 Å². The van der Waals surface area contributed by atoms with Gasteiger partial charge >= 0.3 is 0 Å². The molecule has 1 aliphatic rings. The number of piperidine rings is 1. The predicted molar refractivity (Wildman–Crippen MR) is 80.7 cm³/mol. The lowest BCUT2D eigenvalue weighted by Crippen LogP contribution is -2.42. The van der Waals surface area contributed by atoms with Crippen molar-refractivity contribution < 1.29 is 9.53 Å². The fraction of sp³-hybridized carbons (Fsp3) is 0.588. The van der Waals surface area contributed by atoms with Gasteiger partial charge in [0.1, 0.15) is 0 Å². The van der Waals surface area contributed by atoms with Crippen molar-refractivity contribution in [3.8, 4) is 0 Å². The lowest BCUT2D eigenvalue weighted by molar-refractivity contribution is -0.132. The molecule has 0 aliphatic carbocycles. The smallest absolute Gasteiger partial charge is 0.227 e. The second-order valence-corrected chi connectivity index (χ2v) is 5.61. The van der Waals surface area contributed by atoms with Crippen LogP contribution < -0.4 is 0 Å². The average Bonchev–Trinajstić information content (AvgIpc) is 2.48. The number of hydrogen-bond donors (Lipinski definition) is 0. The van der Waals surface area contributed by atoms with Gasteiger partial charge in [-0.05, 0) is 43.7 Å². The number of ether oxygens (including phenoxy) is 1. The monoisotopic (exact) mass is 275 g/mol. The average molecular weight is 275 g/mol. The molecule has 3 heteroatoms. The van der Waals surface area contributed by atoms with Crippen molar-refractivity contribution in [1.82, 2.24) is 4.90 Å². The van der Waals surface area contributed by atoms with Crippen LogP contribution in [0, 0.1) is 12.8 Å². The van der Waals surface area contributed by atoms with Crippen molar-refractivity contribution in [1.29, 1.82) is 0 Å². The van der Waals surface area contributed by atoms with E-state index in [1.807, 2.05) is 24.0 Å². The number of likely N-dealkylation sites (tertiary alicyclic amines) is 1. The third-order valence-corrected chi connectivity index (χ3v) is 4.03. The summed E-state index contributed by atoms with van der Waals surface area (Å²) in [7, 11) is 0. The van der Waals surface area contributed by atoms with Crippen LogP contribution in [-0.4, -0.2) is 37.1 Å². The third kappa shape index (κ3) is 4.07. The van der Waals surface area contributed by atoms with E-state index in [0.717, 1.165) is 38.3 Å². The van der Waals surface area contributed by atoms with E-state index >= 15 is 0 Å². The first-order chi connectivity index (χ1) is 9.70. The summed E-state index contributed by atoms with van der Waals surface area (Å²) in [6.07, 6.45) is 2.79. The van der Waals surface area contributed by atoms with Crippen molar-refractivity contribution >= 4 is 5.91 Å². The summed E-state index contributed by atoms with van der Waals surface area (Å²) in [5.41, 5.74) is 2.34. The molecule has 0 N–H and O–H groups in total. The van der Waals surface area contributed by atoms with Gasteiger partial charge in [0.25, 0.3) is 0 Å². The Hall–Kier alpha value is -1.35. The van der Waals surface area contributed by atoms with E-state index in [1.54, 1.807) is 0 Å². The van der Waals surface area contributed by atoms with E-state index < -0.39 is 0 Å². The van der Waals surface area contributed by atoms with E-state index in [0.29, 0.717) is 12.3 Å². The third-order valence-electron chi connectivity index (χ3n) is 4.03. The topological polar surface area (TPSA) is 29.5 Å². The van der Waals surface area contributed by atoms with E-state index in [1.165, 1.54) is 12.0 Å². The highest BCUT2D eigenvalue weighted by Gasteiger charge is 2.23. The molecular formula is C17H25NO2. The van der Waals surface area contributed by atoms with Crippen LogP contribution in [0.25, 0.3) is 0 Å². The molecule has 1 saturated heterocycles. The van der Waals surface area contributed by atoms with Crippen molar-refractivity contribution in [3.05, 3.63) is 35.4 Å². The largest absolute Gasteiger partial charge is 0.381 e. The van der Waals surface area contributed by atoms with Gasteiger partial charge in [-0.3, -0.25) is 4.79 Å². The Balaban J connectivity index is 1.90. The maximum absolute atomic E-state index is 12.4. The normalized spacial score (nSPS) is 19.1. The number of aryl methyl sites for hydroxylation is 1. The minimum absolute atomic E-state index is 0.250. The highest BCUT2D eigenvalue weighted by atomic mass is 16.5. The Labute approximate surface area is 121 Å². The zero-order valence-corrected chi connectivity index (χ0v) is 12.6. The molecule has 0 aromatic heterocycles. The van der Waals surface area contributed by atoms with E-state index in [9.17, 15) is 4.79 Å². The van der Waals surface area contributed by atoms with Crippen LogP contribution in [-0.2, 0) is 16.0 Å².